The highest BCUT2D eigenvalue weighted by molar-refractivity contribution is 5.96. The Morgan fingerprint density at radius 2 is 1.90 bits per heavy atom. The number of carbonyl (C=O) groups is 2. The fourth-order valence-electron chi connectivity index (χ4n) is 1.71. The Morgan fingerprint density at radius 1 is 1.24 bits per heavy atom. The molecule has 0 heterocycles. The number of hydrogen-bond donors (Lipinski definition) is 2. The normalized spacial score (nSPS) is 11.0. The van der Waals surface area contributed by atoms with Crippen molar-refractivity contribution in [3.05, 3.63) is 35.5 Å². The lowest BCUT2D eigenvalue weighted by molar-refractivity contribution is -0.134. The van der Waals surface area contributed by atoms with Crippen molar-refractivity contribution in [3.63, 3.8) is 0 Å². The molecule has 0 aliphatic rings. The van der Waals surface area contributed by atoms with E-state index in [0.29, 0.717) is 12.2 Å². The van der Waals surface area contributed by atoms with Crippen LogP contribution in [0.25, 0.3) is 6.08 Å². The standard InChI is InChI=1S/C16H21NO4/c1-3-4-5-10-21-14-8-6-13(7-9-14)11-15(16(19)20)17-12(2)18/h6-9,11H,3-5,10H2,1-2H3,(H,17,18)(H,19,20)/b15-11-. The lowest BCUT2D eigenvalue weighted by atomic mass is 10.2. The summed E-state index contributed by atoms with van der Waals surface area (Å²) in [5, 5.41) is 11.3. The second-order valence-corrected chi connectivity index (χ2v) is 4.67. The molecule has 114 valence electrons. The van der Waals surface area contributed by atoms with Gasteiger partial charge in [0.1, 0.15) is 11.4 Å². The average Bonchev–Trinajstić information content (AvgIpc) is 2.44. The second-order valence-electron chi connectivity index (χ2n) is 4.67. The van der Waals surface area contributed by atoms with Crippen LogP contribution in [0.4, 0.5) is 0 Å². The topological polar surface area (TPSA) is 75.6 Å². The summed E-state index contributed by atoms with van der Waals surface area (Å²) in [5.41, 5.74) is 0.529. The summed E-state index contributed by atoms with van der Waals surface area (Å²) in [4.78, 5) is 21.9. The van der Waals surface area contributed by atoms with Crippen molar-refractivity contribution in [2.24, 2.45) is 0 Å². The van der Waals surface area contributed by atoms with Gasteiger partial charge in [-0.25, -0.2) is 4.79 Å². The Morgan fingerprint density at radius 3 is 2.43 bits per heavy atom. The van der Waals surface area contributed by atoms with Crippen molar-refractivity contribution in [1.29, 1.82) is 0 Å². The lowest BCUT2D eigenvalue weighted by Gasteiger charge is -2.06. The minimum Gasteiger partial charge on any atom is -0.494 e. The van der Waals surface area contributed by atoms with Crippen LogP contribution in [0.2, 0.25) is 0 Å². The summed E-state index contributed by atoms with van der Waals surface area (Å²) in [7, 11) is 0. The van der Waals surface area contributed by atoms with Crippen LogP contribution in [0.3, 0.4) is 0 Å². The van der Waals surface area contributed by atoms with Crippen LogP contribution in [0.15, 0.2) is 30.0 Å². The van der Waals surface area contributed by atoms with E-state index in [1.54, 1.807) is 24.3 Å². The van der Waals surface area contributed by atoms with Crippen molar-refractivity contribution in [1.82, 2.24) is 5.32 Å². The van der Waals surface area contributed by atoms with E-state index in [0.717, 1.165) is 25.0 Å². The number of nitrogens with one attached hydrogen (secondary N) is 1. The summed E-state index contributed by atoms with van der Waals surface area (Å²) in [6.45, 7) is 4.08. The number of carbonyl (C=O) groups excluding carboxylic acids is 1. The molecular weight excluding hydrogens is 270 g/mol. The van der Waals surface area contributed by atoms with Crippen LogP contribution in [-0.4, -0.2) is 23.6 Å². The molecular formula is C16H21NO4. The van der Waals surface area contributed by atoms with Crippen molar-refractivity contribution < 1.29 is 19.4 Å². The van der Waals surface area contributed by atoms with Crippen LogP contribution in [0.5, 0.6) is 5.75 Å². The number of aliphatic carboxylic acids is 1. The van der Waals surface area contributed by atoms with Gasteiger partial charge in [-0.05, 0) is 30.2 Å². The first kappa shape index (κ1) is 16.8. The highest BCUT2D eigenvalue weighted by Gasteiger charge is 2.08. The first-order chi connectivity index (χ1) is 10.0. The van der Waals surface area contributed by atoms with E-state index in [2.05, 4.69) is 12.2 Å². The summed E-state index contributed by atoms with van der Waals surface area (Å²) in [5.74, 6) is -0.843. The van der Waals surface area contributed by atoms with Gasteiger partial charge in [-0.2, -0.15) is 0 Å². The van der Waals surface area contributed by atoms with Gasteiger partial charge < -0.3 is 15.2 Å². The molecule has 0 radical (unpaired) electrons. The van der Waals surface area contributed by atoms with Crippen molar-refractivity contribution in [2.75, 3.05) is 6.61 Å². The van der Waals surface area contributed by atoms with E-state index >= 15 is 0 Å². The van der Waals surface area contributed by atoms with Gasteiger partial charge in [-0.15, -0.1) is 0 Å². The molecule has 0 unspecified atom stereocenters. The highest BCUT2D eigenvalue weighted by Crippen LogP contribution is 2.15. The molecule has 1 amide bonds. The largest absolute Gasteiger partial charge is 0.494 e. The quantitative estimate of drug-likeness (QED) is 0.570. The number of carboxylic acid groups (broad SMARTS) is 1. The average molecular weight is 291 g/mol. The number of amides is 1. The summed E-state index contributed by atoms with van der Waals surface area (Å²) in [6.07, 6.45) is 4.71. The minimum atomic E-state index is -1.18. The van der Waals surface area contributed by atoms with Crippen molar-refractivity contribution in [2.45, 2.75) is 33.1 Å². The van der Waals surface area contributed by atoms with Gasteiger partial charge in [0.25, 0.3) is 0 Å². The maximum absolute atomic E-state index is 11.0. The Kier molecular flexibility index (Phi) is 7.01. The molecule has 5 heteroatoms. The molecule has 0 saturated heterocycles. The van der Waals surface area contributed by atoms with Gasteiger partial charge in [0.2, 0.25) is 5.91 Å². The third-order valence-electron chi connectivity index (χ3n) is 2.75. The Bertz CT molecular complexity index is 506. The zero-order chi connectivity index (χ0) is 15.7. The monoisotopic (exact) mass is 291 g/mol. The smallest absolute Gasteiger partial charge is 0.352 e. The first-order valence-electron chi connectivity index (χ1n) is 6.98. The number of carboxylic acids is 1. The first-order valence-corrected chi connectivity index (χ1v) is 6.98. The molecule has 1 aromatic carbocycles. The number of unbranched alkanes of at least 4 members (excludes halogenated alkanes) is 2. The number of rotatable bonds is 8. The van der Waals surface area contributed by atoms with Crippen LogP contribution in [-0.2, 0) is 9.59 Å². The molecule has 0 saturated carbocycles. The third-order valence-corrected chi connectivity index (χ3v) is 2.75. The molecule has 0 fully saturated rings. The molecule has 21 heavy (non-hydrogen) atoms. The molecule has 0 aromatic heterocycles. The number of benzene rings is 1. The van der Waals surface area contributed by atoms with Gasteiger partial charge in [0.15, 0.2) is 0 Å². The zero-order valence-corrected chi connectivity index (χ0v) is 12.4. The fraction of sp³-hybridized carbons (Fsp3) is 0.375. The molecule has 1 aromatic rings. The van der Waals surface area contributed by atoms with E-state index < -0.39 is 11.9 Å². The fourth-order valence-corrected chi connectivity index (χ4v) is 1.71. The number of hydrogen-bond acceptors (Lipinski definition) is 3. The molecule has 0 bridgehead atoms. The molecule has 2 N–H and O–H groups in total. The van der Waals surface area contributed by atoms with E-state index in [1.807, 2.05) is 0 Å². The maximum Gasteiger partial charge on any atom is 0.352 e. The van der Waals surface area contributed by atoms with Crippen LogP contribution >= 0.6 is 0 Å². The molecule has 0 aliphatic heterocycles. The van der Waals surface area contributed by atoms with E-state index in [9.17, 15) is 9.59 Å². The second kappa shape index (κ2) is 8.79. The molecule has 1 rings (SSSR count). The highest BCUT2D eigenvalue weighted by atomic mass is 16.5. The van der Waals surface area contributed by atoms with Crippen molar-refractivity contribution in [3.8, 4) is 5.75 Å². The van der Waals surface area contributed by atoms with Crippen LogP contribution < -0.4 is 10.1 Å². The van der Waals surface area contributed by atoms with Gasteiger partial charge in [-0.1, -0.05) is 31.9 Å². The van der Waals surface area contributed by atoms with Gasteiger partial charge in [0, 0.05) is 6.92 Å². The zero-order valence-electron chi connectivity index (χ0n) is 12.4. The van der Waals surface area contributed by atoms with Crippen molar-refractivity contribution >= 4 is 18.0 Å². The minimum absolute atomic E-state index is 0.154. The van der Waals surface area contributed by atoms with Crippen LogP contribution in [0.1, 0.15) is 38.7 Å². The molecule has 0 atom stereocenters. The summed E-state index contributed by atoms with van der Waals surface area (Å²) in [6, 6.07) is 7.07. The maximum atomic E-state index is 11.0. The third kappa shape index (κ3) is 6.61. The molecule has 0 spiro atoms. The van der Waals surface area contributed by atoms with E-state index in [1.165, 1.54) is 13.0 Å². The Balaban J connectivity index is 2.67. The predicted molar refractivity (Wildman–Crippen MR) is 80.9 cm³/mol. The van der Waals surface area contributed by atoms with E-state index in [4.69, 9.17) is 9.84 Å². The molecule has 0 aliphatic carbocycles. The van der Waals surface area contributed by atoms with Gasteiger partial charge >= 0.3 is 5.97 Å². The summed E-state index contributed by atoms with van der Waals surface area (Å²) >= 11 is 0. The number of ether oxygens (including phenoxy) is 1. The van der Waals surface area contributed by atoms with Gasteiger partial charge in [-0.3, -0.25) is 4.79 Å². The van der Waals surface area contributed by atoms with Gasteiger partial charge in [0.05, 0.1) is 6.61 Å². The predicted octanol–water partition coefficient (Wildman–Crippen LogP) is 2.82. The molecule has 5 nitrogen and oxygen atoms in total. The van der Waals surface area contributed by atoms with Crippen LogP contribution in [0, 0.1) is 0 Å². The van der Waals surface area contributed by atoms with E-state index in [-0.39, 0.29) is 5.70 Å². The lowest BCUT2D eigenvalue weighted by Crippen LogP contribution is -2.24. The summed E-state index contributed by atoms with van der Waals surface area (Å²) < 4.78 is 5.57. The SMILES string of the molecule is CCCCCOc1ccc(/C=C(\NC(C)=O)C(=O)O)cc1. The Hall–Kier alpha value is -2.30. The Labute approximate surface area is 124 Å².